The van der Waals surface area contributed by atoms with Gasteiger partial charge in [0, 0.05) is 31.5 Å². The largest absolute Gasteiger partial charge is 0.504 e. The number of benzene rings is 1. The maximum atomic E-state index is 12.5. The Morgan fingerprint density at radius 2 is 2.13 bits per heavy atom. The lowest BCUT2D eigenvalue weighted by Gasteiger charge is -2.43. The highest BCUT2D eigenvalue weighted by Crippen LogP contribution is 2.42. The first-order valence-electron chi connectivity index (χ1n) is 8.17. The minimum absolute atomic E-state index is 0.0288. The standard InChI is InChI=1S/C18H25NO4/c1-18(2,22)9-12-10-19-5-4-11-6-17(23-3)16(21)7-13(11)14(19)8-15(12)20/h6-7,12,14,21-22H,4-5,8-10H2,1-3H3. The second-order valence-corrected chi connectivity index (χ2v) is 7.37. The number of nitrogens with zero attached hydrogens (tertiary/aromatic N) is 1. The summed E-state index contributed by atoms with van der Waals surface area (Å²) >= 11 is 0. The zero-order chi connectivity index (χ0) is 16.8. The van der Waals surface area contributed by atoms with Crippen LogP contribution in [0.25, 0.3) is 0 Å². The van der Waals surface area contributed by atoms with Crippen molar-refractivity contribution in [3.63, 3.8) is 0 Å². The van der Waals surface area contributed by atoms with Crippen molar-refractivity contribution in [1.29, 1.82) is 0 Å². The van der Waals surface area contributed by atoms with Gasteiger partial charge in [-0.15, -0.1) is 0 Å². The maximum absolute atomic E-state index is 12.5. The Bertz CT molecular complexity index is 620. The van der Waals surface area contributed by atoms with Crippen LogP contribution in [-0.2, 0) is 11.2 Å². The summed E-state index contributed by atoms with van der Waals surface area (Å²) in [5, 5.41) is 20.1. The van der Waals surface area contributed by atoms with Crippen LogP contribution in [0, 0.1) is 5.92 Å². The molecule has 2 aliphatic rings. The van der Waals surface area contributed by atoms with Crippen LogP contribution in [0.5, 0.6) is 11.5 Å². The van der Waals surface area contributed by atoms with Crippen LogP contribution in [0.3, 0.4) is 0 Å². The number of fused-ring (bicyclic) bond motifs is 3. The predicted molar refractivity (Wildman–Crippen MR) is 86.7 cm³/mol. The number of carbonyl (C=O) groups excluding carboxylic acids is 1. The number of carbonyl (C=O) groups is 1. The van der Waals surface area contributed by atoms with E-state index in [-0.39, 0.29) is 23.5 Å². The molecule has 1 aromatic carbocycles. The molecule has 0 spiro atoms. The van der Waals surface area contributed by atoms with Crippen molar-refractivity contribution in [3.05, 3.63) is 23.3 Å². The average Bonchev–Trinajstić information content (AvgIpc) is 2.46. The molecule has 126 valence electrons. The Kier molecular flexibility index (Phi) is 4.10. The molecule has 1 saturated heterocycles. The topological polar surface area (TPSA) is 70.0 Å². The quantitative estimate of drug-likeness (QED) is 0.892. The zero-order valence-corrected chi connectivity index (χ0v) is 14.0. The van der Waals surface area contributed by atoms with Gasteiger partial charge in [0.05, 0.1) is 12.7 Å². The fraction of sp³-hybridized carbons (Fsp3) is 0.611. The van der Waals surface area contributed by atoms with Crippen LogP contribution in [0.1, 0.15) is 43.9 Å². The van der Waals surface area contributed by atoms with Gasteiger partial charge in [0.2, 0.25) is 0 Å². The van der Waals surface area contributed by atoms with Crippen LogP contribution >= 0.6 is 0 Å². The molecule has 2 heterocycles. The van der Waals surface area contributed by atoms with Crippen molar-refractivity contribution in [2.75, 3.05) is 20.2 Å². The number of aliphatic hydroxyl groups is 1. The lowest BCUT2D eigenvalue weighted by atomic mass is 9.79. The van der Waals surface area contributed by atoms with Gasteiger partial charge in [0.1, 0.15) is 5.78 Å². The van der Waals surface area contributed by atoms with Gasteiger partial charge in [-0.3, -0.25) is 9.69 Å². The zero-order valence-electron chi connectivity index (χ0n) is 14.0. The van der Waals surface area contributed by atoms with Crippen molar-refractivity contribution >= 4 is 5.78 Å². The van der Waals surface area contributed by atoms with E-state index >= 15 is 0 Å². The van der Waals surface area contributed by atoms with Crippen molar-refractivity contribution in [3.8, 4) is 11.5 Å². The first kappa shape index (κ1) is 16.3. The lowest BCUT2D eigenvalue weighted by molar-refractivity contribution is -0.131. The average molecular weight is 319 g/mol. The van der Waals surface area contributed by atoms with E-state index in [1.807, 2.05) is 6.07 Å². The van der Waals surface area contributed by atoms with Gasteiger partial charge in [-0.05, 0) is 49.9 Å². The number of methoxy groups -OCH3 is 1. The SMILES string of the molecule is COc1cc2c(cc1O)C1CC(=O)C(CC(C)(C)O)CN1CC2. The highest BCUT2D eigenvalue weighted by atomic mass is 16.5. The van der Waals surface area contributed by atoms with Gasteiger partial charge >= 0.3 is 0 Å². The van der Waals surface area contributed by atoms with E-state index in [1.165, 1.54) is 0 Å². The Morgan fingerprint density at radius 3 is 2.78 bits per heavy atom. The first-order chi connectivity index (χ1) is 10.8. The molecule has 2 atom stereocenters. The van der Waals surface area contributed by atoms with Crippen molar-refractivity contribution in [2.24, 2.45) is 5.92 Å². The number of phenols is 1. The molecule has 5 heteroatoms. The molecule has 1 fully saturated rings. The van der Waals surface area contributed by atoms with Gasteiger partial charge in [0.15, 0.2) is 11.5 Å². The van der Waals surface area contributed by atoms with E-state index in [1.54, 1.807) is 27.0 Å². The van der Waals surface area contributed by atoms with E-state index in [0.717, 1.165) is 24.1 Å². The molecule has 0 radical (unpaired) electrons. The monoisotopic (exact) mass is 319 g/mol. The molecule has 0 amide bonds. The summed E-state index contributed by atoms with van der Waals surface area (Å²) in [7, 11) is 1.54. The molecule has 23 heavy (non-hydrogen) atoms. The van der Waals surface area contributed by atoms with Gasteiger partial charge in [-0.2, -0.15) is 0 Å². The summed E-state index contributed by atoms with van der Waals surface area (Å²) in [6, 6.07) is 3.66. The molecule has 0 aromatic heterocycles. The van der Waals surface area contributed by atoms with Gasteiger partial charge < -0.3 is 14.9 Å². The van der Waals surface area contributed by atoms with Crippen molar-refractivity contribution in [2.45, 2.75) is 44.8 Å². The highest BCUT2D eigenvalue weighted by Gasteiger charge is 2.39. The minimum atomic E-state index is -0.827. The molecule has 0 bridgehead atoms. The van der Waals surface area contributed by atoms with E-state index in [4.69, 9.17) is 4.74 Å². The van der Waals surface area contributed by atoms with Gasteiger partial charge in [0.25, 0.3) is 0 Å². The van der Waals surface area contributed by atoms with Crippen LogP contribution in [0.15, 0.2) is 12.1 Å². The van der Waals surface area contributed by atoms with Crippen LogP contribution < -0.4 is 4.74 Å². The summed E-state index contributed by atoms with van der Waals surface area (Å²) < 4.78 is 5.18. The van der Waals surface area contributed by atoms with Crippen LogP contribution in [0.2, 0.25) is 0 Å². The summed E-state index contributed by atoms with van der Waals surface area (Å²) in [6.07, 6.45) is 1.82. The predicted octanol–water partition coefficient (Wildman–Crippen LogP) is 2.05. The normalized spacial score (nSPS) is 25.0. The van der Waals surface area contributed by atoms with E-state index in [9.17, 15) is 15.0 Å². The third kappa shape index (κ3) is 3.21. The third-order valence-electron chi connectivity index (χ3n) is 4.96. The van der Waals surface area contributed by atoms with Crippen LogP contribution in [0.4, 0.5) is 0 Å². The number of ketones is 1. The minimum Gasteiger partial charge on any atom is -0.504 e. The lowest BCUT2D eigenvalue weighted by Crippen LogP contribution is -2.47. The Balaban J connectivity index is 1.85. The van der Waals surface area contributed by atoms with Gasteiger partial charge in [-0.25, -0.2) is 0 Å². The Morgan fingerprint density at radius 1 is 1.39 bits per heavy atom. The first-order valence-corrected chi connectivity index (χ1v) is 8.17. The molecule has 0 saturated carbocycles. The fourth-order valence-electron chi connectivity index (χ4n) is 3.91. The maximum Gasteiger partial charge on any atom is 0.160 e. The number of rotatable bonds is 3. The number of piperidine rings is 1. The molecular weight excluding hydrogens is 294 g/mol. The molecule has 0 aliphatic carbocycles. The van der Waals surface area contributed by atoms with E-state index in [0.29, 0.717) is 25.1 Å². The molecular formula is C18H25NO4. The Labute approximate surface area is 136 Å². The summed E-state index contributed by atoms with van der Waals surface area (Å²) in [6.45, 7) is 5.07. The van der Waals surface area contributed by atoms with Crippen molar-refractivity contribution in [1.82, 2.24) is 4.90 Å². The Hall–Kier alpha value is -1.59. The number of hydrogen-bond acceptors (Lipinski definition) is 5. The molecule has 3 rings (SSSR count). The summed E-state index contributed by atoms with van der Waals surface area (Å²) in [5.74, 6) is 0.703. The van der Waals surface area contributed by atoms with Crippen LogP contribution in [-0.4, -0.2) is 46.7 Å². The second kappa shape index (κ2) is 5.80. The molecule has 1 aromatic rings. The van der Waals surface area contributed by atoms with Crippen molar-refractivity contribution < 1.29 is 19.7 Å². The highest BCUT2D eigenvalue weighted by molar-refractivity contribution is 5.83. The molecule has 2 aliphatic heterocycles. The van der Waals surface area contributed by atoms with Gasteiger partial charge in [-0.1, -0.05) is 0 Å². The molecule has 2 unspecified atom stereocenters. The number of ether oxygens (including phenoxy) is 1. The number of aromatic hydroxyl groups is 1. The summed E-state index contributed by atoms with van der Waals surface area (Å²) in [4.78, 5) is 14.8. The molecule has 2 N–H and O–H groups in total. The molecule has 5 nitrogen and oxygen atoms in total. The smallest absolute Gasteiger partial charge is 0.160 e. The summed E-state index contributed by atoms with van der Waals surface area (Å²) in [5.41, 5.74) is 1.35. The number of Topliss-reactive ketones (excluding diaryl/α,β-unsaturated/α-hetero) is 1. The number of hydrogen-bond donors (Lipinski definition) is 2. The number of phenolic OH excluding ortho intramolecular Hbond substituents is 1. The fourth-order valence-corrected chi connectivity index (χ4v) is 3.91. The van der Waals surface area contributed by atoms with E-state index in [2.05, 4.69) is 4.90 Å². The third-order valence-corrected chi connectivity index (χ3v) is 4.96. The second-order valence-electron chi connectivity index (χ2n) is 7.37. The van der Waals surface area contributed by atoms with E-state index < -0.39 is 5.60 Å².